The highest BCUT2D eigenvalue weighted by atomic mass is 35.5. The molecule has 0 saturated heterocycles. The predicted molar refractivity (Wildman–Crippen MR) is 111 cm³/mol. The Morgan fingerprint density at radius 2 is 2.11 bits per heavy atom. The Hall–Kier alpha value is -2.60. The van der Waals surface area contributed by atoms with Crippen molar-refractivity contribution in [3.05, 3.63) is 64.7 Å². The molecule has 1 heterocycles. The summed E-state index contributed by atoms with van der Waals surface area (Å²) in [5.74, 6) is 0.897. The lowest BCUT2D eigenvalue weighted by atomic mass is 10.2. The molecule has 0 spiro atoms. The number of nitriles is 1. The van der Waals surface area contributed by atoms with Crippen LogP contribution in [0, 0.1) is 11.3 Å². The molecule has 0 radical (unpaired) electrons. The zero-order valence-corrected chi connectivity index (χ0v) is 17.1. The molecule has 9 heteroatoms. The summed E-state index contributed by atoms with van der Waals surface area (Å²) >= 11 is 8.72. The summed E-state index contributed by atoms with van der Waals surface area (Å²) in [5, 5.41) is 20.6. The molecule has 1 amide bonds. The Morgan fingerprint density at radius 1 is 1.32 bits per heavy atom. The summed E-state index contributed by atoms with van der Waals surface area (Å²) in [6, 6.07) is 16.3. The molecule has 1 aromatic heterocycles. The van der Waals surface area contributed by atoms with E-state index in [1.54, 1.807) is 43.3 Å². The van der Waals surface area contributed by atoms with E-state index in [0.29, 0.717) is 27.2 Å². The van der Waals surface area contributed by atoms with Crippen LogP contribution in [0.5, 0.6) is 5.75 Å². The third-order valence-electron chi connectivity index (χ3n) is 3.56. The number of amides is 1. The van der Waals surface area contributed by atoms with E-state index in [-0.39, 0.29) is 5.91 Å². The number of halogens is 1. The number of hydrogen-bond donors (Lipinski definition) is 1. The van der Waals surface area contributed by atoms with E-state index in [9.17, 15) is 4.79 Å². The molecular weight excluding hydrogens is 416 g/mol. The van der Waals surface area contributed by atoms with Gasteiger partial charge in [0, 0.05) is 10.8 Å². The van der Waals surface area contributed by atoms with Crippen LogP contribution in [0.25, 0.3) is 0 Å². The summed E-state index contributed by atoms with van der Waals surface area (Å²) in [6.45, 7) is 1.65. The molecule has 1 atom stereocenters. The maximum atomic E-state index is 12.3. The van der Waals surface area contributed by atoms with Crippen LogP contribution in [0.1, 0.15) is 18.1 Å². The molecule has 2 aromatic carbocycles. The second-order valence-corrected chi connectivity index (χ2v) is 8.31. The van der Waals surface area contributed by atoms with Gasteiger partial charge in [0.25, 0.3) is 5.91 Å². The molecular formula is C19H15ClN4O2S2. The highest BCUT2D eigenvalue weighted by Crippen LogP contribution is 2.28. The number of nitrogens with zero attached hydrogens (tertiary/aromatic N) is 3. The fourth-order valence-corrected chi connectivity index (χ4v) is 4.04. The van der Waals surface area contributed by atoms with Gasteiger partial charge in [-0.15, -0.1) is 10.2 Å². The van der Waals surface area contributed by atoms with E-state index in [2.05, 4.69) is 21.6 Å². The second kappa shape index (κ2) is 9.55. The van der Waals surface area contributed by atoms with Crippen LogP contribution in [0.4, 0.5) is 5.13 Å². The van der Waals surface area contributed by atoms with E-state index in [4.69, 9.17) is 21.6 Å². The number of aromatic nitrogens is 2. The second-order valence-electron chi connectivity index (χ2n) is 5.68. The Bertz CT molecular complexity index is 1000. The maximum Gasteiger partial charge on any atom is 0.266 e. The molecule has 0 saturated carbocycles. The summed E-state index contributed by atoms with van der Waals surface area (Å²) in [6.07, 6.45) is -0.711. The molecule has 1 unspecified atom stereocenters. The van der Waals surface area contributed by atoms with Crippen molar-refractivity contribution in [2.75, 3.05) is 5.32 Å². The van der Waals surface area contributed by atoms with Crippen LogP contribution in [-0.2, 0) is 10.5 Å². The van der Waals surface area contributed by atoms with Gasteiger partial charge in [0.1, 0.15) is 5.75 Å². The first-order chi connectivity index (χ1) is 13.5. The van der Waals surface area contributed by atoms with Crippen molar-refractivity contribution in [2.24, 2.45) is 0 Å². The van der Waals surface area contributed by atoms with Crippen molar-refractivity contribution in [1.29, 1.82) is 5.26 Å². The van der Waals surface area contributed by atoms with Crippen LogP contribution in [0.2, 0.25) is 5.02 Å². The third kappa shape index (κ3) is 5.70. The zero-order chi connectivity index (χ0) is 19.9. The Morgan fingerprint density at radius 3 is 2.82 bits per heavy atom. The molecule has 3 rings (SSSR count). The van der Waals surface area contributed by atoms with Crippen LogP contribution in [-0.4, -0.2) is 22.2 Å². The molecule has 142 valence electrons. The van der Waals surface area contributed by atoms with Gasteiger partial charge in [-0.2, -0.15) is 5.26 Å². The number of hydrogen-bond acceptors (Lipinski definition) is 7. The fourth-order valence-electron chi connectivity index (χ4n) is 2.14. The molecule has 28 heavy (non-hydrogen) atoms. The van der Waals surface area contributed by atoms with Crippen LogP contribution in [0.3, 0.4) is 0 Å². The normalized spacial score (nSPS) is 11.5. The van der Waals surface area contributed by atoms with E-state index in [1.165, 1.54) is 23.1 Å². The van der Waals surface area contributed by atoms with Crippen molar-refractivity contribution in [2.45, 2.75) is 23.1 Å². The lowest BCUT2D eigenvalue weighted by molar-refractivity contribution is -0.122. The molecule has 3 aromatic rings. The number of anilines is 1. The first-order valence-electron chi connectivity index (χ1n) is 8.22. The number of nitrogens with one attached hydrogen (secondary N) is 1. The number of benzene rings is 2. The summed E-state index contributed by atoms with van der Waals surface area (Å²) < 4.78 is 6.33. The number of rotatable bonds is 7. The first kappa shape index (κ1) is 20.1. The molecule has 1 N–H and O–H groups in total. The summed E-state index contributed by atoms with van der Waals surface area (Å²) in [5.41, 5.74) is 1.71. The summed E-state index contributed by atoms with van der Waals surface area (Å²) in [4.78, 5) is 12.3. The zero-order valence-electron chi connectivity index (χ0n) is 14.8. The first-order valence-corrected chi connectivity index (χ1v) is 10.4. The number of ether oxygens (including phenoxy) is 1. The monoisotopic (exact) mass is 430 g/mol. The van der Waals surface area contributed by atoms with Gasteiger partial charge < -0.3 is 4.74 Å². The van der Waals surface area contributed by atoms with Crippen LogP contribution < -0.4 is 10.1 Å². The van der Waals surface area contributed by atoms with E-state index >= 15 is 0 Å². The topological polar surface area (TPSA) is 87.9 Å². The van der Waals surface area contributed by atoms with Gasteiger partial charge >= 0.3 is 0 Å². The Labute approximate surface area is 175 Å². The summed E-state index contributed by atoms with van der Waals surface area (Å²) in [7, 11) is 0. The van der Waals surface area contributed by atoms with E-state index in [0.717, 1.165) is 9.90 Å². The van der Waals surface area contributed by atoms with E-state index in [1.807, 2.05) is 12.1 Å². The Balaban J connectivity index is 1.51. The molecule has 0 aliphatic rings. The third-order valence-corrected chi connectivity index (χ3v) is 5.84. The molecule has 0 fully saturated rings. The van der Waals surface area contributed by atoms with Crippen molar-refractivity contribution >= 4 is 45.7 Å². The minimum atomic E-state index is -0.711. The predicted octanol–water partition coefficient (Wildman–Crippen LogP) is 4.76. The number of thioether (sulfide) groups is 1. The molecule has 0 aliphatic carbocycles. The van der Waals surface area contributed by atoms with Gasteiger partial charge in [-0.3, -0.25) is 10.1 Å². The minimum absolute atomic E-state index is 0.320. The van der Waals surface area contributed by atoms with Crippen molar-refractivity contribution in [1.82, 2.24) is 10.2 Å². The number of carbonyl (C=O) groups excluding carboxylic acids is 1. The fraction of sp³-hybridized carbons (Fsp3) is 0.158. The average molecular weight is 431 g/mol. The highest BCUT2D eigenvalue weighted by molar-refractivity contribution is 8.00. The van der Waals surface area contributed by atoms with Gasteiger partial charge in [-0.25, -0.2) is 0 Å². The maximum absolute atomic E-state index is 12.3. The highest BCUT2D eigenvalue weighted by Gasteiger charge is 2.17. The van der Waals surface area contributed by atoms with Crippen molar-refractivity contribution < 1.29 is 9.53 Å². The van der Waals surface area contributed by atoms with Gasteiger partial charge in [0.2, 0.25) is 5.13 Å². The smallest absolute Gasteiger partial charge is 0.266 e. The lowest BCUT2D eigenvalue weighted by Crippen LogP contribution is -2.30. The van der Waals surface area contributed by atoms with E-state index < -0.39 is 6.10 Å². The van der Waals surface area contributed by atoms with Gasteiger partial charge in [0.15, 0.2) is 10.4 Å². The number of carbonyl (C=O) groups is 1. The van der Waals surface area contributed by atoms with Gasteiger partial charge in [-0.05, 0) is 42.8 Å². The van der Waals surface area contributed by atoms with Crippen molar-refractivity contribution in [3.8, 4) is 11.8 Å². The average Bonchev–Trinajstić information content (AvgIpc) is 3.14. The van der Waals surface area contributed by atoms with Gasteiger partial charge in [-0.1, -0.05) is 52.9 Å². The minimum Gasteiger partial charge on any atom is -0.481 e. The van der Waals surface area contributed by atoms with Crippen LogP contribution >= 0.6 is 34.7 Å². The van der Waals surface area contributed by atoms with Gasteiger partial charge in [0.05, 0.1) is 11.6 Å². The molecule has 6 nitrogen and oxygen atoms in total. The quantitative estimate of drug-likeness (QED) is 0.429. The molecule has 0 bridgehead atoms. The Kier molecular flexibility index (Phi) is 6.87. The molecule has 0 aliphatic heterocycles. The largest absolute Gasteiger partial charge is 0.481 e. The SMILES string of the molecule is CC(Oc1cccc(Cl)c1)C(=O)Nc1nnc(SCc2ccc(C#N)cc2)s1. The standard InChI is InChI=1S/C19H15ClN4O2S2/c1-12(26-16-4-2-3-15(20)9-16)17(25)22-18-23-24-19(28-18)27-11-14-7-5-13(10-21)6-8-14/h2-9,12H,11H2,1H3,(H,22,23,25). The lowest BCUT2D eigenvalue weighted by Gasteiger charge is -2.13. The van der Waals surface area contributed by atoms with Crippen LogP contribution in [0.15, 0.2) is 52.9 Å². The van der Waals surface area contributed by atoms with Crippen molar-refractivity contribution in [3.63, 3.8) is 0 Å².